The quantitative estimate of drug-likeness (QED) is 0.679. The van der Waals surface area contributed by atoms with Crippen LogP contribution < -0.4 is 5.32 Å². The highest BCUT2D eigenvalue weighted by Gasteiger charge is 2.19. The average molecular weight is 415 g/mol. The molecule has 0 amide bonds. The van der Waals surface area contributed by atoms with Crippen LogP contribution in [-0.4, -0.2) is 6.54 Å². The van der Waals surface area contributed by atoms with Crippen molar-refractivity contribution in [2.45, 2.75) is 26.8 Å². The minimum Gasteiger partial charge on any atom is -0.307 e. The number of hydrogen-bond donors (Lipinski definition) is 1. The molecule has 0 radical (unpaired) electrons. The van der Waals surface area contributed by atoms with Gasteiger partial charge in [0.15, 0.2) is 0 Å². The van der Waals surface area contributed by atoms with Crippen LogP contribution in [0.3, 0.4) is 0 Å². The predicted molar refractivity (Wildman–Crippen MR) is 93.2 cm³/mol. The lowest BCUT2D eigenvalue weighted by Crippen LogP contribution is -2.24. The molecule has 2 aromatic rings. The van der Waals surface area contributed by atoms with Gasteiger partial charge in [0.25, 0.3) is 0 Å². The molecule has 21 heavy (non-hydrogen) atoms. The van der Waals surface area contributed by atoms with Crippen molar-refractivity contribution in [2.75, 3.05) is 6.54 Å². The molecule has 0 aliphatic carbocycles. The smallest absolute Gasteiger partial charge is 0.123 e. The molecule has 0 aliphatic heterocycles. The summed E-state index contributed by atoms with van der Waals surface area (Å²) in [5, 5.41) is 3.51. The molecule has 1 unspecified atom stereocenters. The summed E-state index contributed by atoms with van der Waals surface area (Å²) in [6.45, 7) is 6.84. The van der Waals surface area contributed by atoms with Gasteiger partial charge in [-0.05, 0) is 73.0 Å². The highest BCUT2D eigenvalue weighted by atomic mass is 79.9. The van der Waals surface area contributed by atoms with Gasteiger partial charge in [-0.1, -0.05) is 38.8 Å². The van der Waals surface area contributed by atoms with E-state index in [2.05, 4.69) is 56.2 Å². The Morgan fingerprint density at radius 2 is 1.52 bits per heavy atom. The van der Waals surface area contributed by atoms with Crippen molar-refractivity contribution < 1.29 is 4.39 Å². The zero-order valence-corrected chi connectivity index (χ0v) is 15.5. The van der Waals surface area contributed by atoms with E-state index in [1.54, 1.807) is 12.1 Å². The van der Waals surface area contributed by atoms with Crippen LogP contribution in [0.1, 0.15) is 35.2 Å². The molecule has 0 aliphatic rings. The first kappa shape index (κ1) is 16.7. The Morgan fingerprint density at radius 3 is 2.00 bits per heavy atom. The normalized spacial score (nSPS) is 12.5. The molecule has 0 heterocycles. The van der Waals surface area contributed by atoms with E-state index in [1.165, 1.54) is 0 Å². The number of nitrogens with one attached hydrogen (secondary N) is 1. The van der Waals surface area contributed by atoms with Gasteiger partial charge >= 0.3 is 0 Å². The first-order valence-electron chi connectivity index (χ1n) is 6.88. The van der Waals surface area contributed by atoms with Crippen LogP contribution in [0.4, 0.5) is 4.39 Å². The molecular formula is C17H18Br2FN. The van der Waals surface area contributed by atoms with Gasteiger partial charge < -0.3 is 5.32 Å². The Morgan fingerprint density at radius 1 is 1.00 bits per heavy atom. The summed E-state index contributed by atoms with van der Waals surface area (Å²) in [6, 6.07) is 9.45. The van der Waals surface area contributed by atoms with Crippen LogP contribution in [0.25, 0.3) is 0 Å². The molecule has 4 heteroatoms. The molecule has 0 fully saturated rings. The van der Waals surface area contributed by atoms with Crippen molar-refractivity contribution in [1.29, 1.82) is 0 Å². The monoisotopic (exact) mass is 413 g/mol. The molecule has 1 N–H and O–H groups in total. The van der Waals surface area contributed by atoms with Crippen LogP contribution in [0.15, 0.2) is 39.3 Å². The van der Waals surface area contributed by atoms with Gasteiger partial charge in [-0.3, -0.25) is 0 Å². The molecule has 2 aromatic carbocycles. The SMILES string of the molecule is CCNC(c1cc(Br)cc(Br)c1)c1c(C)cc(F)cc1C. The maximum absolute atomic E-state index is 13.6. The first-order chi connectivity index (χ1) is 9.92. The number of aryl methyl sites for hydroxylation is 2. The Kier molecular flexibility index (Phi) is 5.58. The molecule has 2 rings (SSSR count). The maximum Gasteiger partial charge on any atom is 0.123 e. The minimum absolute atomic E-state index is 0.0457. The summed E-state index contributed by atoms with van der Waals surface area (Å²) in [5.74, 6) is -0.181. The second kappa shape index (κ2) is 7.03. The molecule has 112 valence electrons. The molecule has 1 nitrogen and oxygen atoms in total. The molecule has 0 saturated carbocycles. The van der Waals surface area contributed by atoms with Crippen molar-refractivity contribution in [3.8, 4) is 0 Å². The standard InChI is InChI=1S/C17H18Br2FN/c1-4-21-17(12-7-13(18)9-14(19)8-12)16-10(2)5-15(20)6-11(16)3/h5-9,17,21H,4H2,1-3H3. The van der Waals surface area contributed by atoms with E-state index >= 15 is 0 Å². The van der Waals surface area contributed by atoms with Crippen molar-refractivity contribution in [3.05, 3.63) is 67.3 Å². The highest BCUT2D eigenvalue weighted by molar-refractivity contribution is 9.11. The van der Waals surface area contributed by atoms with Crippen LogP contribution in [0.5, 0.6) is 0 Å². The molecular weight excluding hydrogens is 397 g/mol. The van der Waals surface area contributed by atoms with Crippen molar-refractivity contribution in [1.82, 2.24) is 5.32 Å². The Balaban J connectivity index is 2.58. The van der Waals surface area contributed by atoms with E-state index in [0.717, 1.165) is 37.7 Å². The highest BCUT2D eigenvalue weighted by Crippen LogP contribution is 2.32. The van der Waals surface area contributed by atoms with Gasteiger partial charge in [0.1, 0.15) is 5.82 Å². The largest absolute Gasteiger partial charge is 0.307 e. The third kappa shape index (κ3) is 3.93. The summed E-state index contributed by atoms with van der Waals surface area (Å²) < 4.78 is 15.6. The Hall–Kier alpha value is -0.710. The minimum atomic E-state index is -0.181. The summed E-state index contributed by atoms with van der Waals surface area (Å²) in [6.07, 6.45) is 0. The second-order valence-corrected chi connectivity index (χ2v) is 6.98. The third-order valence-electron chi connectivity index (χ3n) is 3.47. The molecule has 0 spiro atoms. The van der Waals surface area contributed by atoms with Gasteiger partial charge in [0, 0.05) is 8.95 Å². The molecule has 0 saturated heterocycles. The zero-order valence-electron chi connectivity index (χ0n) is 12.3. The molecule has 0 aromatic heterocycles. The lowest BCUT2D eigenvalue weighted by atomic mass is 9.91. The van der Waals surface area contributed by atoms with E-state index in [4.69, 9.17) is 0 Å². The average Bonchev–Trinajstić information content (AvgIpc) is 2.35. The number of hydrogen-bond acceptors (Lipinski definition) is 1. The Bertz CT molecular complexity index is 612. The van der Waals surface area contributed by atoms with Crippen LogP contribution in [-0.2, 0) is 0 Å². The fraction of sp³-hybridized carbons (Fsp3) is 0.294. The van der Waals surface area contributed by atoms with Gasteiger partial charge in [-0.25, -0.2) is 4.39 Å². The second-order valence-electron chi connectivity index (χ2n) is 5.15. The van der Waals surface area contributed by atoms with Crippen molar-refractivity contribution in [3.63, 3.8) is 0 Å². The van der Waals surface area contributed by atoms with Crippen LogP contribution >= 0.6 is 31.9 Å². The van der Waals surface area contributed by atoms with Gasteiger partial charge in [-0.15, -0.1) is 0 Å². The Labute approximate surface area is 142 Å². The zero-order chi connectivity index (χ0) is 15.6. The van der Waals surface area contributed by atoms with E-state index in [9.17, 15) is 4.39 Å². The van der Waals surface area contributed by atoms with E-state index in [0.29, 0.717) is 0 Å². The lowest BCUT2D eigenvalue weighted by Gasteiger charge is -2.23. The summed E-state index contributed by atoms with van der Waals surface area (Å²) >= 11 is 7.07. The predicted octanol–water partition coefficient (Wildman–Crippen LogP) is 5.67. The fourth-order valence-electron chi connectivity index (χ4n) is 2.71. The molecule has 0 bridgehead atoms. The van der Waals surface area contributed by atoms with Gasteiger partial charge in [0.05, 0.1) is 6.04 Å². The van der Waals surface area contributed by atoms with E-state index in [1.807, 2.05) is 19.9 Å². The fourth-order valence-corrected chi connectivity index (χ4v) is 4.04. The van der Waals surface area contributed by atoms with Gasteiger partial charge in [0.2, 0.25) is 0 Å². The number of rotatable bonds is 4. The third-order valence-corrected chi connectivity index (χ3v) is 4.39. The van der Waals surface area contributed by atoms with Crippen LogP contribution in [0, 0.1) is 19.7 Å². The van der Waals surface area contributed by atoms with Gasteiger partial charge in [-0.2, -0.15) is 0 Å². The lowest BCUT2D eigenvalue weighted by molar-refractivity contribution is 0.606. The topological polar surface area (TPSA) is 12.0 Å². The molecule has 1 atom stereocenters. The van der Waals surface area contributed by atoms with Crippen molar-refractivity contribution in [2.24, 2.45) is 0 Å². The van der Waals surface area contributed by atoms with E-state index in [-0.39, 0.29) is 11.9 Å². The van der Waals surface area contributed by atoms with Crippen molar-refractivity contribution >= 4 is 31.9 Å². The summed E-state index contributed by atoms with van der Waals surface area (Å²) in [4.78, 5) is 0. The number of halogens is 3. The van der Waals surface area contributed by atoms with Crippen LogP contribution in [0.2, 0.25) is 0 Å². The summed E-state index contributed by atoms with van der Waals surface area (Å²) in [5.41, 5.74) is 4.23. The summed E-state index contributed by atoms with van der Waals surface area (Å²) in [7, 11) is 0. The number of benzene rings is 2. The van der Waals surface area contributed by atoms with E-state index < -0.39 is 0 Å². The maximum atomic E-state index is 13.6. The first-order valence-corrected chi connectivity index (χ1v) is 8.47.